The van der Waals surface area contributed by atoms with E-state index in [9.17, 15) is 9.59 Å². The van der Waals surface area contributed by atoms with Crippen molar-refractivity contribution < 1.29 is 19.1 Å². The number of nitrogens with one attached hydrogen (secondary N) is 1. The summed E-state index contributed by atoms with van der Waals surface area (Å²) in [5, 5.41) is 2.87. The zero-order valence-electron chi connectivity index (χ0n) is 12.3. The van der Waals surface area contributed by atoms with Crippen molar-refractivity contribution in [3.63, 3.8) is 0 Å². The fourth-order valence-corrected chi connectivity index (χ4v) is 2.24. The van der Waals surface area contributed by atoms with Crippen LogP contribution in [-0.2, 0) is 9.53 Å². The zero-order valence-corrected chi connectivity index (χ0v) is 12.3. The molecule has 0 unspecified atom stereocenters. The molecule has 1 atom stereocenters. The summed E-state index contributed by atoms with van der Waals surface area (Å²) >= 11 is 0. The molecule has 1 aromatic carbocycles. The number of ether oxygens (including phenoxy) is 2. The van der Waals surface area contributed by atoms with Gasteiger partial charge in [-0.2, -0.15) is 0 Å². The molecule has 1 aliphatic heterocycles. The molecule has 0 saturated carbocycles. The minimum Gasteiger partial charge on any atom is -0.490 e. The molecule has 1 saturated heterocycles. The number of rotatable bonds is 6. The summed E-state index contributed by atoms with van der Waals surface area (Å²) in [4.78, 5) is 25.4. The topological polar surface area (TPSA) is 67.9 Å². The molecular weight excluding hydrogens is 272 g/mol. The molecule has 0 spiro atoms. The highest BCUT2D eigenvalue weighted by molar-refractivity contribution is 5.97. The van der Waals surface area contributed by atoms with Crippen LogP contribution in [0.3, 0.4) is 0 Å². The van der Waals surface area contributed by atoms with E-state index in [0.717, 1.165) is 0 Å². The van der Waals surface area contributed by atoms with Crippen LogP contribution in [0.25, 0.3) is 0 Å². The molecule has 6 heteroatoms. The van der Waals surface area contributed by atoms with Crippen molar-refractivity contribution in [2.24, 2.45) is 0 Å². The summed E-state index contributed by atoms with van der Waals surface area (Å²) in [6.07, 6.45) is 0.342. The molecule has 2 rings (SSSR count). The summed E-state index contributed by atoms with van der Waals surface area (Å²) in [6.45, 7) is 1.38. The SMILES string of the molecule is COCCOc1ccccc1C(=O)N[C@H]1CC(=O)N(C)C1. The summed E-state index contributed by atoms with van der Waals surface area (Å²) < 4.78 is 10.5. The molecule has 1 fully saturated rings. The first kappa shape index (κ1) is 15.3. The van der Waals surface area contributed by atoms with Crippen LogP contribution in [0.4, 0.5) is 0 Å². The second-order valence-electron chi connectivity index (χ2n) is 4.99. The molecular formula is C15H20N2O4. The van der Waals surface area contributed by atoms with Crippen molar-refractivity contribution in [2.75, 3.05) is 33.9 Å². The van der Waals surface area contributed by atoms with Gasteiger partial charge in [0, 0.05) is 27.1 Å². The van der Waals surface area contributed by atoms with Gasteiger partial charge in [0.05, 0.1) is 18.2 Å². The maximum absolute atomic E-state index is 12.3. The van der Waals surface area contributed by atoms with Gasteiger partial charge in [0.15, 0.2) is 0 Å². The number of amides is 2. The quantitative estimate of drug-likeness (QED) is 0.783. The first-order valence-corrected chi connectivity index (χ1v) is 6.87. The third-order valence-corrected chi connectivity index (χ3v) is 3.35. The van der Waals surface area contributed by atoms with E-state index < -0.39 is 0 Å². The lowest BCUT2D eigenvalue weighted by atomic mass is 10.1. The van der Waals surface area contributed by atoms with Gasteiger partial charge in [0.25, 0.3) is 5.91 Å². The Kier molecular flexibility index (Phi) is 5.16. The predicted octanol–water partition coefficient (Wildman–Crippen LogP) is 0.672. The van der Waals surface area contributed by atoms with E-state index in [-0.39, 0.29) is 17.9 Å². The van der Waals surface area contributed by atoms with Crippen molar-refractivity contribution in [3.8, 4) is 5.75 Å². The number of hydrogen-bond acceptors (Lipinski definition) is 4. The minimum absolute atomic E-state index is 0.0462. The summed E-state index contributed by atoms with van der Waals surface area (Å²) in [7, 11) is 3.33. The second kappa shape index (κ2) is 7.08. The van der Waals surface area contributed by atoms with Gasteiger partial charge in [-0.1, -0.05) is 12.1 Å². The predicted molar refractivity (Wildman–Crippen MR) is 77.3 cm³/mol. The van der Waals surface area contributed by atoms with E-state index >= 15 is 0 Å². The van der Waals surface area contributed by atoms with Crippen LogP contribution < -0.4 is 10.1 Å². The molecule has 1 heterocycles. The second-order valence-corrected chi connectivity index (χ2v) is 4.99. The number of carbonyl (C=O) groups excluding carboxylic acids is 2. The molecule has 1 aliphatic rings. The van der Waals surface area contributed by atoms with Crippen LogP contribution in [0, 0.1) is 0 Å². The van der Waals surface area contributed by atoms with Crippen molar-refractivity contribution in [2.45, 2.75) is 12.5 Å². The van der Waals surface area contributed by atoms with E-state index in [2.05, 4.69) is 5.32 Å². The number of hydrogen-bond donors (Lipinski definition) is 1. The van der Waals surface area contributed by atoms with Gasteiger partial charge in [0.2, 0.25) is 5.91 Å². The molecule has 21 heavy (non-hydrogen) atoms. The van der Waals surface area contributed by atoms with Gasteiger partial charge >= 0.3 is 0 Å². The number of para-hydroxylation sites is 1. The number of nitrogens with zero attached hydrogens (tertiary/aromatic N) is 1. The Bertz CT molecular complexity index is 518. The maximum Gasteiger partial charge on any atom is 0.255 e. The van der Waals surface area contributed by atoms with Crippen LogP contribution in [0.1, 0.15) is 16.8 Å². The summed E-state index contributed by atoms with van der Waals surface area (Å²) in [6, 6.07) is 6.90. The van der Waals surface area contributed by atoms with E-state index in [1.807, 2.05) is 6.07 Å². The van der Waals surface area contributed by atoms with Gasteiger partial charge in [-0.3, -0.25) is 9.59 Å². The lowest BCUT2D eigenvalue weighted by molar-refractivity contribution is -0.126. The highest BCUT2D eigenvalue weighted by Gasteiger charge is 2.28. The standard InChI is InChI=1S/C15H20N2O4/c1-17-10-11(9-14(17)18)16-15(19)12-5-3-4-6-13(12)21-8-7-20-2/h3-6,11H,7-10H2,1-2H3,(H,16,19)/t11-/m0/s1. The third kappa shape index (κ3) is 3.95. The third-order valence-electron chi connectivity index (χ3n) is 3.35. The Morgan fingerprint density at radius 3 is 2.81 bits per heavy atom. The number of carbonyl (C=O) groups is 2. The Morgan fingerprint density at radius 1 is 1.38 bits per heavy atom. The number of benzene rings is 1. The molecule has 6 nitrogen and oxygen atoms in total. The highest BCUT2D eigenvalue weighted by atomic mass is 16.5. The van der Waals surface area contributed by atoms with Crippen LogP contribution in [0.15, 0.2) is 24.3 Å². The van der Waals surface area contributed by atoms with Gasteiger partial charge in [-0.05, 0) is 12.1 Å². The number of likely N-dealkylation sites (tertiary alicyclic amines) is 1. The molecule has 0 radical (unpaired) electrons. The maximum atomic E-state index is 12.3. The van der Waals surface area contributed by atoms with Crippen LogP contribution in [0.2, 0.25) is 0 Å². The van der Waals surface area contributed by atoms with E-state index in [4.69, 9.17) is 9.47 Å². The van der Waals surface area contributed by atoms with Gasteiger partial charge in [-0.25, -0.2) is 0 Å². The normalized spacial score (nSPS) is 17.9. The minimum atomic E-state index is -0.226. The van der Waals surface area contributed by atoms with Gasteiger partial charge in [0.1, 0.15) is 12.4 Å². The Hall–Kier alpha value is -2.08. The van der Waals surface area contributed by atoms with Crippen LogP contribution >= 0.6 is 0 Å². The summed E-state index contributed by atoms with van der Waals surface area (Å²) in [5.41, 5.74) is 0.468. The molecule has 0 aromatic heterocycles. The summed E-state index contributed by atoms with van der Waals surface area (Å²) in [5.74, 6) is 0.339. The largest absolute Gasteiger partial charge is 0.490 e. The fraction of sp³-hybridized carbons (Fsp3) is 0.467. The Morgan fingerprint density at radius 2 is 2.14 bits per heavy atom. The molecule has 1 aromatic rings. The average molecular weight is 292 g/mol. The average Bonchev–Trinajstić information content (AvgIpc) is 2.78. The van der Waals surface area contributed by atoms with Crippen molar-refractivity contribution in [1.82, 2.24) is 10.2 Å². The highest BCUT2D eigenvalue weighted by Crippen LogP contribution is 2.19. The van der Waals surface area contributed by atoms with Gasteiger partial charge < -0.3 is 19.7 Å². The molecule has 0 aliphatic carbocycles. The zero-order chi connectivity index (χ0) is 15.2. The number of methoxy groups -OCH3 is 1. The first-order chi connectivity index (χ1) is 10.1. The molecule has 2 amide bonds. The number of likely N-dealkylation sites (N-methyl/N-ethyl adjacent to an activating group) is 1. The van der Waals surface area contributed by atoms with Crippen molar-refractivity contribution >= 4 is 11.8 Å². The first-order valence-electron chi connectivity index (χ1n) is 6.87. The molecule has 1 N–H and O–H groups in total. The van der Waals surface area contributed by atoms with Gasteiger partial charge in [-0.15, -0.1) is 0 Å². The van der Waals surface area contributed by atoms with E-state index in [1.54, 1.807) is 37.3 Å². The smallest absolute Gasteiger partial charge is 0.255 e. The lowest BCUT2D eigenvalue weighted by Gasteiger charge is -2.15. The van der Waals surface area contributed by atoms with E-state index in [1.165, 1.54) is 0 Å². The molecule has 0 bridgehead atoms. The Balaban J connectivity index is 2.00. The lowest BCUT2D eigenvalue weighted by Crippen LogP contribution is -2.36. The Labute approximate surface area is 124 Å². The van der Waals surface area contributed by atoms with Crippen molar-refractivity contribution in [1.29, 1.82) is 0 Å². The van der Waals surface area contributed by atoms with E-state index in [0.29, 0.717) is 37.5 Å². The van der Waals surface area contributed by atoms with Crippen molar-refractivity contribution in [3.05, 3.63) is 29.8 Å². The molecule has 114 valence electrons. The van der Waals surface area contributed by atoms with Crippen LogP contribution in [0.5, 0.6) is 5.75 Å². The van der Waals surface area contributed by atoms with Crippen LogP contribution in [-0.4, -0.2) is 56.7 Å². The monoisotopic (exact) mass is 292 g/mol. The fourth-order valence-electron chi connectivity index (χ4n) is 2.24.